The van der Waals surface area contributed by atoms with Gasteiger partial charge in [0.15, 0.2) is 0 Å². The number of hydrazone groups is 1. The molecule has 0 heterocycles. The Hall–Kier alpha value is -2.57. The van der Waals surface area contributed by atoms with Crippen molar-refractivity contribution in [3.8, 4) is 5.75 Å². The molecule has 0 radical (unpaired) electrons. The van der Waals surface area contributed by atoms with E-state index in [4.69, 9.17) is 23.2 Å². The zero-order chi connectivity index (χ0) is 17.5. The first-order chi connectivity index (χ1) is 11.5. The molecule has 24 heavy (non-hydrogen) atoms. The number of halogens is 2. The number of amides is 2. The van der Waals surface area contributed by atoms with Gasteiger partial charge in [0.2, 0.25) is 0 Å². The maximum Gasteiger partial charge on any atom is 0.259 e. The van der Waals surface area contributed by atoms with E-state index < -0.39 is 11.8 Å². The molecule has 0 aliphatic rings. The number of nitrogens with one attached hydrogen (secondary N) is 2. The molecule has 2 aromatic carbocycles. The molecule has 0 aliphatic heterocycles. The Balaban J connectivity index is 1.83. The second-order valence-electron chi connectivity index (χ2n) is 4.66. The maximum absolute atomic E-state index is 11.9. The summed E-state index contributed by atoms with van der Waals surface area (Å²) in [7, 11) is 0. The Morgan fingerprint density at radius 1 is 1.12 bits per heavy atom. The van der Waals surface area contributed by atoms with E-state index in [1.54, 1.807) is 18.2 Å². The lowest BCUT2D eigenvalue weighted by molar-refractivity contribution is -0.120. The highest BCUT2D eigenvalue weighted by Gasteiger charge is 2.09. The fourth-order valence-electron chi connectivity index (χ4n) is 1.71. The molecule has 0 saturated carbocycles. The van der Waals surface area contributed by atoms with Crippen LogP contribution in [0.25, 0.3) is 0 Å². The maximum atomic E-state index is 11.9. The number of hydrogen-bond acceptors (Lipinski definition) is 4. The van der Waals surface area contributed by atoms with Crippen molar-refractivity contribution >= 4 is 41.2 Å². The first-order valence-electron chi connectivity index (χ1n) is 6.80. The highest BCUT2D eigenvalue weighted by molar-refractivity contribution is 6.42. The van der Waals surface area contributed by atoms with Gasteiger partial charge < -0.3 is 10.4 Å². The van der Waals surface area contributed by atoms with Gasteiger partial charge in [-0.25, -0.2) is 5.43 Å². The van der Waals surface area contributed by atoms with E-state index in [0.29, 0.717) is 10.6 Å². The summed E-state index contributed by atoms with van der Waals surface area (Å²) in [5.74, 6) is -0.938. The molecule has 0 bridgehead atoms. The molecule has 0 unspecified atom stereocenters. The van der Waals surface area contributed by atoms with Gasteiger partial charge in [0, 0.05) is 11.1 Å². The predicted molar refractivity (Wildman–Crippen MR) is 92.6 cm³/mol. The number of carbonyl (C=O) groups is 2. The van der Waals surface area contributed by atoms with Crippen LogP contribution in [0.15, 0.2) is 47.6 Å². The predicted octanol–water partition coefficient (Wildman–Crippen LogP) is 2.58. The Labute approximate surface area is 148 Å². The molecule has 2 aromatic rings. The van der Waals surface area contributed by atoms with Crippen molar-refractivity contribution in [3.05, 3.63) is 63.6 Å². The summed E-state index contributed by atoms with van der Waals surface area (Å²) >= 11 is 11.6. The second-order valence-corrected chi connectivity index (χ2v) is 5.48. The van der Waals surface area contributed by atoms with Gasteiger partial charge >= 0.3 is 0 Å². The molecular formula is C16H13Cl2N3O3. The average Bonchev–Trinajstić information content (AvgIpc) is 2.57. The van der Waals surface area contributed by atoms with E-state index in [1.807, 2.05) is 0 Å². The molecule has 2 amide bonds. The van der Waals surface area contributed by atoms with Crippen LogP contribution in [0.2, 0.25) is 10.0 Å². The average molecular weight is 366 g/mol. The molecule has 0 spiro atoms. The van der Waals surface area contributed by atoms with E-state index in [9.17, 15) is 14.7 Å². The molecule has 124 valence electrons. The van der Waals surface area contributed by atoms with Crippen molar-refractivity contribution in [1.82, 2.24) is 10.7 Å². The second kappa shape index (κ2) is 8.33. The van der Waals surface area contributed by atoms with Crippen LogP contribution in [-0.4, -0.2) is 29.7 Å². The minimum atomic E-state index is -0.518. The van der Waals surface area contributed by atoms with Crippen molar-refractivity contribution in [2.24, 2.45) is 5.10 Å². The van der Waals surface area contributed by atoms with Crippen LogP contribution in [0.1, 0.15) is 15.9 Å². The number of carbonyl (C=O) groups excluding carboxylic acids is 2. The summed E-state index contributed by atoms with van der Waals surface area (Å²) in [5, 5.41) is 16.3. The Bertz CT molecular complexity index is 794. The van der Waals surface area contributed by atoms with Gasteiger partial charge in [-0.15, -0.1) is 0 Å². The van der Waals surface area contributed by atoms with Crippen LogP contribution in [0.3, 0.4) is 0 Å². The fraction of sp³-hybridized carbons (Fsp3) is 0.0625. The van der Waals surface area contributed by atoms with Gasteiger partial charge in [0.05, 0.1) is 22.8 Å². The topological polar surface area (TPSA) is 90.8 Å². The van der Waals surface area contributed by atoms with Crippen LogP contribution in [0.4, 0.5) is 0 Å². The van der Waals surface area contributed by atoms with Crippen LogP contribution in [0, 0.1) is 0 Å². The lowest BCUT2D eigenvalue weighted by atomic mass is 10.2. The summed E-state index contributed by atoms with van der Waals surface area (Å²) in [4.78, 5) is 23.5. The van der Waals surface area contributed by atoms with Crippen LogP contribution in [-0.2, 0) is 4.79 Å². The summed E-state index contributed by atoms with van der Waals surface area (Å²) in [6.07, 6.45) is 1.30. The minimum absolute atomic E-state index is 0.0448. The van der Waals surface area contributed by atoms with Gasteiger partial charge in [-0.2, -0.15) is 5.10 Å². The van der Waals surface area contributed by atoms with Gasteiger partial charge in [0.1, 0.15) is 5.75 Å². The first-order valence-corrected chi connectivity index (χ1v) is 7.56. The van der Waals surface area contributed by atoms with E-state index in [1.165, 1.54) is 30.5 Å². The number of phenolic OH excluding ortho intramolecular Hbond substituents is 1. The number of para-hydroxylation sites is 1. The highest BCUT2D eigenvalue weighted by Crippen LogP contribution is 2.22. The number of nitrogens with zero attached hydrogens (tertiary/aromatic N) is 1. The van der Waals surface area contributed by atoms with E-state index >= 15 is 0 Å². The lowest BCUT2D eigenvalue weighted by Crippen LogP contribution is -2.34. The van der Waals surface area contributed by atoms with Crippen molar-refractivity contribution in [2.45, 2.75) is 0 Å². The van der Waals surface area contributed by atoms with Crippen molar-refractivity contribution in [1.29, 1.82) is 0 Å². The number of aromatic hydroxyl groups is 1. The quantitative estimate of drug-likeness (QED) is 0.561. The van der Waals surface area contributed by atoms with Gasteiger partial charge in [-0.05, 0) is 30.3 Å². The summed E-state index contributed by atoms with van der Waals surface area (Å²) in [5.41, 5.74) is 2.99. The summed E-state index contributed by atoms with van der Waals surface area (Å²) in [6.45, 7) is -0.267. The molecule has 0 aromatic heterocycles. The van der Waals surface area contributed by atoms with Crippen LogP contribution >= 0.6 is 23.2 Å². The highest BCUT2D eigenvalue weighted by atomic mass is 35.5. The van der Waals surface area contributed by atoms with Gasteiger partial charge in [-0.3, -0.25) is 9.59 Å². The SMILES string of the molecule is O=C(CNC(=O)c1ccc(Cl)c(Cl)c1)N/N=C\c1ccccc1O. The molecule has 6 nitrogen and oxygen atoms in total. The largest absolute Gasteiger partial charge is 0.507 e. The van der Waals surface area contributed by atoms with E-state index in [2.05, 4.69) is 15.8 Å². The first kappa shape index (κ1) is 17.8. The zero-order valence-electron chi connectivity index (χ0n) is 12.3. The van der Waals surface area contributed by atoms with Gasteiger partial charge in [-0.1, -0.05) is 35.3 Å². The third-order valence-electron chi connectivity index (χ3n) is 2.92. The van der Waals surface area contributed by atoms with Crippen LogP contribution < -0.4 is 10.7 Å². The van der Waals surface area contributed by atoms with Crippen molar-refractivity contribution in [2.75, 3.05) is 6.54 Å². The van der Waals surface area contributed by atoms with E-state index in [-0.39, 0.29) is 22.9 Å². The monoisotopic (exact) mass is 365 g/mol. The van der Waals surface area contributed by atoms with Crippen molar-refractivity contribution < 1.29 is 14.7 Å². The molecule has 0 fully saturated rings. The molecule has 0 atom stereocenters. The van der Waals surface area contributed by atoms with Crippen molar-refractivity contribution in [3.63, 3.8) is 0 Å². The number of phenols is 1. The molecule has 0 saturated heterocycles. The van der Waals surface area contributed by atoms with Gasteiger partial charge in [0.25, 0.3) is 11.8 Å². The third-order valence-corrected chi connectivity index (χ3v) is 3.66. The third kappa shape index (κ3) is 4.97. The molecule has 3 N–H and O–H groups in total. The minimum Gasteiger partial charge on any atom is -0.507 e. The van der Waals surface area contributed by atoms with Crippen LogP contribution in [0.5, 0.6) is 5.75 Å². The number of benzene rings is 2. The number of hydrogen-bond donors (Lipinski definition) is 3. The summed E-state index contributed by atoms with van der Waals surface area (Å²) in [6, 6.07) is 10.9. The molecule has 2 rings (SSSR count). The number of rotatable bonds is 5. The summed E-state index contributed by atoms with van der Waals surface area (Å²) < 4.78 is 0. The molecule has 0 aliphatic carbocycles. The Morgan fingerprint density at radius 3 is 2.58 bits per heavy atom. The zero-order valence-corrected chi connectivity index (χ0v) is 13.8. The smallest absolute Gasteiger partial charge is 0.259 e. The molecule has 8 heteroatoms. The Morgan fingerprint density at radius 2 is 1.88 bits per heavy atom. The Kier molecular flexibility index (Phi) is 6.17. The lowest BCUT2D eigenvalue weighted by Gasteiger charge is -2.05. The standard InChI is InChI=1S/C16H13Cl2N3O3/c17-12-6-5-10(7-13(12)18)16(24)19-9-15(23)21-20-8-11-3-1-2-4-14(11)22/h1-8,22H,9H2,(H,19,24)(H,21,23)/b20-8-. The molecular weight excluding hydrogens is 353 g/mol. The van der Waals surface area contributed by atoms with E-state index in [0.717, 1.165) is 0 Å². The fourth-order valence-corrected chi connectivity index (χ4v) is 2.01. The normalized spacial score (nSPS) is 10.6.